The average molecular weight is 260 g/mol. The standard InChI is InChI=1S/C8H17NO6.ClH/c1-4(11)9-2-5(12)7(14)8(15)6(13)3-10;/h5-8,10,12-15H,2-3H2,1H3,(H,9,11);1H/t5-,6+,7+,8+;/m0./s1. The summed E-state index contributed by atoms with van der Waals surface area (Å²) >= 11 is 0. The quantitative estimate of drug-likeness (QED) is 0.301. The summed E-state index contributed by atoms with van der Waals surface area (Å²) in [7, 11) is 0. The first-order chi connectivity index (χ1) is 6.90. The first-order valence-corrected chi connectivity index (χ1v) is 4.47. The lowest BCUT2D eigenvalue weighted by molar-refractivity contribution is -0.124. The molecule has 0 aliphatic carbocycles. The van der Waals surface area contributed by atoms with Crippen LogP contribution in [0.3, 0.4) is 0 Å². The third-order valence-corrected chi connectivity index (χ3v) is 1.89. The van der Waals surface area contributed by atoms with Crippen molar-refractivity contribution in [1.82, 2.24) is 5.32 Å². The number of amides is 1. The molecule has 0 spiro atoms. The van der Waals surface area contributed by atoms with E-state index in [4.69, 9.17) is 10.2 Å². The number of rotatable bonds is 6. The predicted octanol–water partition coefficient (Wildman–Crippen LogP) is -3.02. The van der Waals surface area contributed by atoms with E-state index in [-0.39, 0.29) is 19.0 Å². The fraction of sp³-hybridized carbons (Fsp3) is 0.875. The van der Waals surface area contributed by atoms with Crippen LogP contribution in [-0.2, 0) is 4.79 Å². The van der Waals surface area contributed by atoms with Crippen LogP contribution in [0.25, 0.3) is 0 Å². The van der Waals surface area contributed by atoms with Crippen LogP contribution in [0.15, 0.2) is 0 Å². The number of hydrogen-bond acceptors (Lipinski definition) is 6. The molecular weight excluding hydrogens is 242 g/mol. The number of hydrogen-bond donors (Lipinski definition) is 6. The van der Waals surface area contributed by atoms with Gasteiger partial charge in [0.2, 0.25) is 5.91 Å². The third kappa shape index (κ3) is 6.21. The highest BCUT2D eigenvalue weighted by Gasteiger charge is 2.29. The van der Waals surface area contributed by atoms with E-state index in [1.165, 1.54) is 6.92 Å². The van der Waals surface area contributed by atoms with E-state index in [1.807, 2.05) is 0 Å². The van der Waals surface area contributed by atoms with Gasteiger partial charge in [0.15, 0.2) is 0 Å². The minimum Gasteiger partial charge on any atom is -0.394 e. The molecule has 8 heteroatoms. The second kappa shape index (κ2) is 8.68. The summed E-state index contributed by atoms with van der Waals surface area (Å²) in [6, 6.07) is 0. The molecule has 0 rings (SSSR count). The van der Waals surface area contributed by atoms with Gasteiger partial charge in [-0.25, -0.2) is 0 Å². The van der Waals surface area contributed by atoms with Crippen molar-refractivity contribution in [3.63, 3.8) is 0 Å². The van der Waals surface area contributed by atoms with Crippen molar-refractivity contribution in [3.8, 4) is 0 Å². The third-order valence-electron chi connectivity index (χ3n) is 1.89. The second-order valence-electron chi connectivity index (χ2n) is 3.24. The van der Waals surface area contributed by atoms with E-state index in [0.717, 1.165) is 0 Å². The molecule has 4 atom stereocenters. The van der Waals surface area contributed by atoms with Gasteiger partial charge in [0.05, 0.1) is 12.7 Å². The van der Waals surface area contributed by atoms with E-state index >= 15 is 0 Å². The Balaban J connectivity index is 0. The Kier molecular flexibility index (Phi) is 9.73. The van der Waals surface area contributed by atoms with E-state index in [1.54, 1.807) is 0 Å². The highest BCUT2D eigenvalue weighted by atomic mass is 35.5. The lowest BCUT2D eigenvalue weighted by Gasteiger charge is -2.25. The fourth-order valence-electron chi connectivity index (χ4n) is 0.932. The molecule has 0 unspecified atom stereocenters. The minimum atomic E-state index is -1.67. The Bertz CT molecular complexity index is 205. The summed E-state index contributed by atoms with van der Waals surface area (Å²) in [6.07, 6.45) is -6.25. The first-order valence-electron chi connectivity index (χ1n) is 4.47. The smallest absolute Gasteiger partial charge is 0.216 e. The van der Waals surface area contributed by atoms with Crippen LogP contribution in [0.4, 0.5) is 0 Å². The first kappa shape index (κ1) is 17.9. The summed E-state index contributed by atoms with van der Waals surface area (Å²) in [5.41, 5.74) is 0. The van der Waals surface area contributed by atoms with Gasteiger partial charge in [-0.3, -0.25) is 4.79 Å². The molecule has 1 amide bonds. The maximum Gasteiger partial charge on any atom is 0.216 e. The van der Waals surface area contributed by atoms with Crippen LogP contribution in [0, 0.1) is 0 Å². The van der Waals surface area contributed by atoms with Gasteiger partial charge in [0.1, 0.15) is 18.3 Å². The Hall–Kier alpha value is -0.440. The van der Waals surface area contributed by atoms with Crippen molar-refractivity contribution in [3.05, 3.63) is 0 Å². The molecule has 0 saturated heterocycles. The molecule has 6 N–H and O–H groups in total. The highest BCUT2D eigenvalue weighted by molar-refractivity contribution is 5.85. The molecule has 0 aromatic heterocycles. The summed E-state index contributed by atoms with van der Waals surface area (Å²) in [5, 5.41) is 47.4. The number of nitrogens with one attached hydrogen (secondary N) is 1. The summed E-state index contributed by atoms with van der Waals surface area (Å²) in [4.78, 5) is 10.5. The monoisotopic (exact) mass is 259 g/mol. The maximum absolute atomic E-state index is 10.5. The van der Waals surface area contributed by atoms with Crippen LogP contribution in [0.5, 0.6) is 0 Å². The molecule has 16 heavy (non-hydrogen) atoms. The second-order valence-corrected chi connectivity index (χ2v) is 3.24. The van der Waals surface area contributed by atoms with Crippen LogP contribution in [0.1, 0.15) is 6.92 Å². The van der Waals surface area contributed by atoms with E-state index in [9.17, 15) is 20.1 Å². The van der Waals surface area contributed by atoms with Gasteiger partial charge in [-0.15, -0.1) is 12.4 Å². The van der Waals surface area contributed by atoms with Crippen molar-refractivity contribution in [2.45, 2.75) is 31.3 Å². The summed E-state index contributed by atoms with van der Waals surface area (Å²) in [6.45, 7) is 0.259. The number of aliphatic hydroxyl groups is 5. The van der Waals surface area contributed by atoms with Gasteiger partial charge in [-0.1, -0.05) is 0 Å². The molecule has 7 nitrogen and oxygen atoms in total. The van der Waals surface area contributed by atoms with Crippen LogP contribution < -0.4 is 5.32 Å². The summed E-state index contributed by atoms with van der Waals surface area (Å²) in [5.74, 6) is -0.390. The number of aliphatic hydroxyl groups excluding tert-OH is 5. The Morgan fingerprint density at radius 1 is 1.12 bits per heavy atom. The molecule has 0 aromatic rings. The average Bonchev–Trinajstić information content (AvgIpc) is 2.22. The van der Waals surface area contributed by atoms with Crippen molar-refractivity contribution in [2.24, 2.45) is 0 Å². The van der Waals surface area contributed by atoms with Gasteiger partial charge in [-0.2, -0.15) is 0 Å². The zero-order chi connectivity index (χ0) is 12.0. The van der Waals surface area contributed by atoms with Gasteiger partial charge < -0.3 is 30.8 Å². The molecule has 98 valence electrons. The van der Waals surface area contributed by atoms with Gasteiger partial charge in [0, 0.05) is 13.5 Å². The van der Waals surface area contributed by atoms with E-state index < -0.39 is 36.9 Å². The minimum absolute atomic E-state index is 0. The summed E-state index contributed by atoms with van der Waals surface area (Å²) < 4.78 is 0. The van der Waals surface area contributed by atoms with Crippen molar-refractivity contribution < 1.29 is 30.3 Å². The predicted molar refractivity (Wildman–Crippen MR) is 57.0 cm³/mol. The SMILES string of the molecule is CC(=O)NC[C@H](O)[C@@H](O)[C@H](O)[C@H](O)CO.Cl. The molecule has 0 heterocycles. The number of halogens is 1. The molecule has 0 aliphatic heterocycles. The largest absolute Gasteiger partial charge is 0.394 e. The lowest BCUT2D eigenvalue weighted by atomic mass is 10.0. The van der Waals surface area contributed by atoms with Gasteiger partial charge in [-0.05, 0) is 0 Å². The zero-order valence-corrected chi connectivity index (χ0v) is 9.59. The van der Waals surface area contributed by atoms with Crippen molar-refractivity contribution in [1.29, 1.82) is 0 Å². The lowest BCUT2D eigenvalue weighted by Crippen LogP contribution is -2.49. The highest BCUT2D eigenvalue weighted by Crippen LogP contribution is 2.04. The maximum atomic E-state index is 10.5. The normalized spacial score (nSPS) is 17.9. The molecular formula is C8H18ClNO6. The molecule has 0 radical (unpaired) electrons. The van der Waals surface area contributed by atoms with E-state index in [2.05, 4.69) is 5.32 Å². The van der Waals surface area contributed by atoms with Gasteiger partial charge in [0.25, 0.3) is 0 Å². The van der Waals surface area contributed by atoms with Crippen molar-refractivity contribution in [2.75, 3.05) is 13.2 Å². The molecule has 0 aliphatic rings. The van der Waals surface area contributed by atoms with E-state index in [0.29, 0.717) is 0 Å². The fourth-order valence-corrected chi connectivity index (χ4v) is 0.932. The zero-order valence-electron chi connectivity index (χ0n) is 8.78. The van der Waals surface area contributed by atoms with Crippen LogP contribution in [0.2, 0.25) is 0 Å². The number of carbonyl (C=O) groups excluding carboxylic acids is 1. The topological polar surface area (TPSA) is 130 Å². The van der Waals surface area contributed by atoms with Crippen LogP contribution >= 0.6 is 12.4 Å². The molecule has 0 bridgehead atoms. The molecule has 0 saturated carbocycles. The number of carbonyl (C=O) groups is 1. The Morgan fingerprint density at radius 3 is 1.94 bits per heavy atom. The molecule has 0 fully saturated rings. The Morgan fingerprint density at radius 2 is 1.56 bits per heavy atom. The Labute approximate surface area is 99.1 Å². The molecule has 0 aromatic carbocycles. The van der Waals surface area contributed by atoms with Crippen molar-refractivity contribution >= 4 is 18.3 Å². The van der Waals surface area contributed by atoms with Crippen LogP contribution in [-0.4, -0.2) is 69.0 Å². The van der Waals surface area contributed by atoms with Gasteiger partial charge >= 0.3 is 0 Å².